The van der Waals surface area contributed by atoms with Gasteiger partial charge in [0.1, 0.15) is 0 Å². The maximum Gasteiger partial charge on any atom is 0.252 e. The monoisotopic (exact) mass is 304 g/mol. The summed E-state index contributed by atoms with van der Waals surface area (Å²) < 4.78 is 2.27. The Morgan fingerprint density at radius 2 is 2.10 bits per heavy atom. The zero-order chi connectivity index (χ0) is 14.3. The fourth-order valence-corrected chi connectivity index (χ4v) is 2.73. The zero-order valence-corrected chi connectivity index (χ0v) is 12.7. The average molecular weight is 305 g/mol. The quantitative estimate of drug-likeness (QED) is 0.735. The smallest absolute Gasteiger partial charge is 0.252 e. The molecule has 0 spiro atoms. The molecule has 4 nitrogen and oxygen atoms in total. The summed E-state index contributed by atoms with van der Waals surface area (Å²) in [6.07, 6.45) is 0.778. The van der Waals surface area contributed by atoms with Crippen molar-refractivity contribution in [2.45, 2.75) is 20.3 Å². The second kappa shape index (κ2) is 5.00. The molecular formula is C14H13ClN4S. The summed E-state index contributed by atoms with van der Waals surface area (Å²) in [5.74, 6) is 0.611. The van der Waals surface area contributed by atoms with Crippen molar-refractivity contribution in [3.05, 3.63) is 56.6 Å². The van der Waals surface area contributed by atoms with Gasteiger partial charge in [-0.1, -0.05) is 23.7 Å². The fourth-order valence-electron chi connectivity index (χ4n) is 2.34. The second-order valence-corrected chi connectivity index (χ2v) is 5.56. The first-order valence-electron chi connectivity index (χ1n) is 6.24. The molecule has 2 heterocycles. The van der Waals surface area contributed by atoms with Crippen LogP contribution in [-0.4, -0.2) is 19.6 Å². The Labute approximate surface area is 126 Å². The van der Waals surface area contributed by atoms with Crippen LogP contribution < -0.4 is 0 Å². The van der Waals surface area contributed by atoms with Crippen LogP contribution in [0, 0.1) is 18.6 Å². The number of hydrogen-bond donors (Lipinski definition) is 1. The van der Waals surface area contributed by atoms with Gasteiger partial charge in [-0.2, -0.15) is 4.98 Å². The van der Waals surface area contributed by atoms with E-state index in [1.807, 2.05) is 36.6 Å². The maximum atomic E-state index is 6.04. The molecule has 0 aliphatic carbocycles. The molecule has 3 rings (SSSR count). The van der Waals surface area contributed by atoms with Crippen molar-refractivity contribution in [2.75, 3.05) is 0 Å². The molecule has 0 aliphatic heterocycles. The molecule has 0 unspecified atom stereocenters. The highest BCUT2D eigenvalue weighted by Crippen LogP contribution is 2.19. The van der Waals surface area contributed by atoms with E-state index in [0.717, 1.165) is 34.0 Å². The third-order valence-corrected chi connectivity index (χ3v) is 3.77. The number of aryl methyl sites for hydroxylation is 2. The number of hydrogen-bond acceptors (Lipinski definition) is 3. The molecule has 0 aliphatic rings. The Hall–Kier alpha value is -1.72. The number of aromatic nitrogens is 4. The summed E-state index contributed by atoms with van der Waals surface area (Å²) >= 11 is 11.1. The number of nitrogens with zero attached hydrogens (tertiary/aromatic N) is 3. The van der Waals surface area contributed by atoms with Crippen LogP contribution in [0.2, 0.25) is 5.02 Å². The Balaban J connectivity index is 2.13. The Morgan fingerprint density at radius 1 is 1.30 bits per heavy atom. The number of benzene rings is 1. The lowest BCUT2D eigenvalue weighted by molar-refractivity contribution is 0.852. The van der Waals surface area contributed by atoms with E-state index < -0.39 is 0 Å². The van der Waals surface area contributed by atoms with Crippen LogP contribution in [0.4, 0.5) is 0 Å². The third-order valence-electron chi connectivity index (χ3n) is 3.36. The lowest BCUT2D eigenvalue weighted by Crippen LogP contribution is -2.06. The molecule has 2 aromatic heterocycles. The van der Waals surface area contributed by atoms with Crippen LogP contribution in [0.5, 0.6) is 0 Å². The van der Waals surface area contributed by atoms with Gasteiger partial charge in [0, 0.05) is 22.8 Å². The van der Waals surface area contributed by atoms with Gasteiger partial charge < -0.3 is 0 Å². The van der Waals surface area contributed by atoms with Crippen molar-refractivity contribution in [1.82, 2.24) is 19.6 Å². The maximum absolute atomic E-state index is 6.04. The third kappa shape index (κ3) is 2.34. The van der Waals surface area contributed by atoms with E-state index in [1.54, 1.807) is 0 Å². The summed E-state index contributed by atoms with van der Waals surface area (Å²) in [4.78, 5) is 8.68. The number of rotatable bonds is 2. The summed E-state index contributed by atoms with van der Waals surface area (Å²) in [5, 5.41) is 3.77. The molecule has 0 bridgehead atoms. The Morgan fingerprint density at radius 3 is 2.85 bits per heavy atom. The number of fused-ring (bicyclic) bond motifs is 1. The van der Waals surface area contributed by atoms with E-state index in [-0.39, 0.29) is 0 Å². The van der Waals surface area contributed by atoms with Crippen molar-refractivity contribution >= 4 is 29.6 Å². The fraction of sp³-hybridized carbons (Fsp3) is 0.214. The predicted octanol–water partition coefficient (Wildman–Crippen LogP) is 3.65. The lowest BCUT2D eigenvalue weighted by atomic mass is 10.0. The van der Waals surface area contributed by atoms with E-state index >= 15 is 0 Å². The van der Waals surface area contributed by atoms with Gasteiger partial charge in [-0.25, -0.2) is 9.50 Å². The van der Waals surface area contributed by atoms with Gasteiger partial charge in [-0.05, 0) is 49.3 Å². The summed E-state index contributed by atoms with van der Waals surface area (Å²) in [6, 6.07) is 7.87. The first kappa shape index (κ1) is 13.3. The molecule has 0 saturated heterocycles. The molecule has 6 heteroatoms. The van der Waals surface area contributed by atoms with Crippen molar-refractivity contribution in [2.24, 2.45) is 0 Å². The van der Waals surface area contributed by atoms with Gasteiger partial charge in [-0.15, -0.1) is 0 Å². The highest BCUT2D eigenvalue weighted by Gasteiger charge is 2.11. The molecule has 1 aromatic carbocycles. The van der Waals surface area contributed by atoms with E-state index in [1.165, 1.54) is 0 Å². The SMILES string of the molecule is Cc1nc2nc(=S)[nH]n2c(C)c1Cc1cccc(Cl)c1. The van der Waals surface area contributed by atoms with Crippen molar-refractivity contribution in [3.8, 4) is 0 Å². The summed E-state index contributed by atoms with van der Waals surface area (Å²) in [6.45, 7) is 4.03. The molecular weight excluding hydrogens is 292 g/mol. The molecule has 0 amide bonds. The highest BCUT2D eigenvalue weighted by atomic mass is 35.5. The molecule has 102 valence electrons. The van der Waals surface area contributed by atoms with Crippen LogP contribution in [0.15, 0.2) is 24.3 Å². The number of nitrogens with one attached hydrogen (secondary N) is 1. The van der Waals surface area contributed by atoms with Crippen LogP contribution in [-0.2, 0) is 6.42 Å². The molecule has 0 radical (unpaired) electrons. The molecule has 0 saturated carbocycles. The molecule has 1 N–H and O–H groups in total. The number of halogens is 1. The molecule has 0 atom stereocenters. The minimum atomic E-state index is 0.444. The Kier molecular flexibility index (Phi) is 3.31. The van der Waals surface area contributed by atoms with Gasteiger partial charge in [0.25, 0.3) is 5.78 Å². The first-order chi connectivity index (χ1) is 9.54. The van der Waals surface area contributed by atoms with Crippen molar-refractivity contribution in [3.63, 3.8) is 0 Å². The first-order valence-corrected chi connectivity index (χ1v) is 7.02. The van der Waals surface area contributed by atoms with Crippen LogP contribution in [0.1, 0.15) is 22.5 Å². The van der Waals surface area contributed by atoms with E-state index in [0.29, 0.717) is 10.5 Å². The van der Waals surface area contributed by atoms with E-state index in [9.17, 15) is 0 Å². The van der Waals surface area contributed by atoms with Gasteiger partial charge in [0.2, 0.25) is 4.77 Å². The minimum Gasteiger partial charge on any atom is -0.265 e. The molecule has 20 heavy (non-hydrogen) atoms. The molecule has 3 aromatic rings. The van der Waals surface area contributed by atoms with Gasteiger partial charge >= 0.3 is 0 Å². The van der Waals surface area contributed by atoms with Crippen molar-refractivity contribution < 1.29 is 0 Å². The Bertz CT molecular complexity index is 850. The van der Waals surface area contributed by atoms with Crippen molar-refractivity contribution in [1.29, 1.82) is 0 Å². The highest BCUT2D eigenvalue weighted by molar-refractivity contribution is 7.71. The van der Waals surface area contributed by atoms with Crippen LogP contribution >= 0.6 is 23.8 Å². The van der Waals surface area contributed by atoms with E-state index in [4.69, 9.17) is 23.8 Å². The van der Waals surface area contributed by atoms with Gasteiger partial charge in [0.05, 0.1) is 0 Å². The number of H-pyrrole nitrogens is 1. The topological polar surface area (TPSA) is 46.0 Å². The summed E-state index contributed by atoms with van der Waals surface area (Å²) in [5.41, 5.74) is 4.34. The standard InChI is InChI=1S/C14H13ClN4S/c1-8-12(7-10-4-3-5-11(15)6-10)9(2)19-13(16-8)17-14(20)18-19/h3-6H,7H2,1-2H3,(H,18,20). The second-order valence-electron chi connectivity index (χ2n) is 4.73. The van der Waals surface area contributed by atoms with Gasteiger partial charge in [0.15, 0.2) is 0 Å². The normalized spacial score (nSPS) is 11.2. The zero-order valence-electron chi connectivity index (χ0n) is 11.1. The average Bonchev–Trinajstić information content (AvgIpc) is 2.75. The predicted molar refractivity (Wildman–Crippen MR) is 81.9 cm³/mol. The van der Waals surface area contributed by atoms with Crippen LogP contribution in [0.25, 0.3) is 5.78 Å². The van der Waals surface area contributed by atoms with Crippen LogP contribution in [0.3, 0.4) is 0 Å². The lowest BCUT2D eigenvalue weighted by Gasteiger charge is -2.11. The largest absolute Gasteiger partial charge is 0.265 e. The van der Waals surface area contributed by atoms with Gasteiger partial charge in [-0.3, -0.25) is 5.10 Å². The number of aromatic amines is 1. The minimum absolute atomic E-state index is 0.444. The molecule has 0 fully saturated rings. The van der Waals surface area contributed by atoms with E-state index in [2.05, 4.69) is 21.1 Å². The summed E-state index contributed by atoms with van der Waals surface area (Å²) in [7, 11) is 0.